The maximum absolute atomic E-state index is 14.2. The van der Waals surface area contributed by atoms with Gasteiger partial charge in [0.05, 0.1) is 17.9 Å². The van der Waals surface area contributed by atoms with Crippen LogP contribution >= 0.6 is 11.6 Å². The molecule has 4 rings (SSSR count). The Balaban J connectivity index is 1.66. The lowest BCUT2D eigenvalue weighted by molar-refractivity contribution is -0.614. The number of carbonyl (C=O) groups is 2. The van der Waals surface area contributed by atoms with Crippen LogP contribution in [0.5, 0.6) is 0 Å². The quantitative estimate of drug-likeness (QED) is 0.223. The predicted molar refractivity (Wildman–Crippen MR) is 131 cm³/mol. The first-order valence-electron chi connectivity index (χ1n) is 11.2. The lowest BCUT2D eigenvalue weighted by atomic mass is 9.97. The number of anilines is 1. The second-order valence-electron chi connectivity index (χ2n) is 8.11. The highest BCUT2D eigenvalue weighted by atomic mass is 35.5. The van der Waals surface area contributed by atoms with E-state index in [-0.39, 0.29) is 23.4 Å². The zero-order valence-electron chi connectivity index (χ0n) is 19.8. The number of carbonyl (C=O) groups excluding carboxylic acids is 2. The van der Waals surface area contributed by atoms with Gasteiger partial charge in [-0.1, -0.05) is 11.6 Å². The zero-order chi connectivity index (χ0) is 28.1. The molecule has 3 N–H and O–H groups in total. The number of ether oxygens (including phenoxy) is 1. The van der Waals surface area contributed by atoms with E-state index in [1.54, 1.807) is 24.3 Å². The molecule has 202 valence electrons. The Bertz CT molecular complexity index is 1510. The number of aromatic nitrogens is 5. The Morgan fingerprint density at radius 2 is 1.97 bits per heavy atom. The van der Waals surface area contributed by atoms with E-state index in [2.05, 4.69) is 25.6 Å². The van der Waals surface area contributed by atoms with E-state index in [4.69, 9.17) is 17.3 Å². The Kier molecular flexibility index (Phi) is 8.36. The Morgan fingerprint density at radius 1 is 1.18 bits per heavy atom. The van der Waals surface area contributed by atoms with E-state index in [1.807, 2.05) is 0 Å². The third-order valence-electron chi connectivity index (χ3n) is 5.64. The summed E-state index contributed by atoms with van der Waals surface area (Å²) in [7, 11) is 0. The summed E-state index contributed by atoms with van der Waals surface area (Å²) < 4.78 is 45.4. The molecule has 0 spiro atoms. The molecule has 39 heavy (non-hydrogen) atoms. The number of alkyl halides is 2. The second kappa shape index (κ2) is 11.9. The SMILES string of the molecule is NC(=O)c1ccc(NC(=O)C(CCOC(F)F)c2ccc(-c3cc(Cl)ccc3-n3cnnn3)c[n+]2[O-])cc1F. The number of benzene rings is 2. The van der Waals surface area contributed by atoms with Crippen LogP contribution in [0.2, 0.25) is 5.02 Å². The van der Waals surface area contributed by atoms with Crippen LogP contribution in [0.1, 0.15) is 28.4 Å². The summed E-state index contributed by atoms with van der Waals surface area (Å²) in [6, 6.07) is 11.0. The fraction of sp³-hybridized carbons (Fsp3) is 0.167. The van der Waals surface area contributed by atoms with Crippen molar-refractivity contribution in [1.29, 1.82) is 0 Å². The molecule has 0 saturated heterocycles. The molecule has 0 aliphatic rings. The molecule has 0 radical (unpaired) electrons. The molecule has 0 bridgehead atoms. The van der Waals surface area contributed by atoms with Crippen molar-refractivity contribution in [1.82, 2.24) is 20.2 Å². The number of pyridine rings is 1. The molecular weight excluding hydrogens is 543 g/mol. The molecule has 2 aromatic carbocycles. The van der Waals surface area contributed by atoms with Gasteiger partial charge in [0.25, 0.3) is 5.91 Å². The van der Waals surface area contributed by atoms with Crippen molar-refractivity contribution in [2.45, 2.75) is 19.0 Å². The van der Waals surface area contributed by atoms with Crippen molar-refractivity contribution in [2.24, 2.45) is 5.73 Å². The Labute approximate surface area is 223 Å². The molecular formula is C24H19ClF3N7O4. The fourth-order valence-electron chi connectivity index (χ4n) is 3.84. The van der Waals surface area contributed by atoms with Gasteiger partial charge in [-0.25, -0.2) is 4.39 Å². The van der Waals surface area contributed by atoms with Crippen LogP contribution < -0.4 is 15.8 Å². The van der Waals surface area contributed by atoms with Crippen molar-refractivity contribution >= 4 is 29.1 Å². The average Bonchev–Trinajstić information content (AvgIpc) is 3.41. The first-order chi connectivity index (χ1) is 18.6. The predicted octanol–water partition coefficient (Wildman–Crippen LogP) is 3.21. The van der Waals surface area contributed by atoms with Gasteiger partial charge >= 0.3 is 6.61 Å². The van der Waals surface area contributed by atoms with Crippen LogP contribution in [0.4, 0.5) is 18.9 Å². The van der Waals surface area contributed by atoms with Crippen molar-refractivity contribution in [3.8, 4) is 16.8 Å². The molecule has 2 heterocycles. The van der Waals surface area contributed by atoms with E-state index < -0.39 is 36.8 Å². The summed E-state index contributed by atoms with van der Waals surface area (Å²) in [6.07, 6.45) is 2.24. The zero-order valence-corrected chi connectivity index (χ0v) is 20.6. The third-order valence-corrected chi connectivity index (χ3v) is 5.87. The second-order valence-corrected chi connectivity index (χ2v) is 8.54. The molecule has 11 nitrogen and oxygen atoms in total. The van der Waals surface area contributed by atoms with E-state index in [0.717, 1.165) is 12.1 Å². The molecule has 2 aromatic heterocycles. The third kappa shape index (κ3) is 6.48. The van der Waals surface area contributed by atoms with Crippen LogP contribution in [0.3, 0.4) is 0 Å². The van der Waals surface area contributed by atoms with Crippen LogP contribution in [0.15, 0.2) is 61.1 Å². The summed E-state index contributed by atoms with van der Waals surface area (Å²) in [6.45, 7) is -3.64. The lowest BCUT2D eigenvalue weighted by Gasteiger charge is -2.18. The van der Waals surface area contributed by atoms with Gasteiger partial charge in [-0.3, -0.25) is 9.59 Å². The minimum absolute atomic E-state index is 0.0404. The topological polar surface area (TPSA) is 152 Å². The van der Waals surface area contributed by atoms with Crippen molar-refractivity contribution < 1.29 is 32.2 Å². The van der Waals surface area contributed by atoms with E-state index in [1.165, 1.54) is 29.3 Å². The molecule has 15 heteroatoms. The number of nitrogens with two attached hydrogens (primary N) is 1. The molecule has 1 atom stereocenters. The van der Waals surface area contributed by atoms with Gasteiger partial charge < -0.3 is 21.0 Å². The van der Waals surface area contributed by atoms with E-state index in [9.17, 15) is 28.0 Å². The molecule has 1 unspecified atom stereocenters. The van der Waals surface area contributed by atoms with Gasteiger partial charge in [-0.2, -0.15) is 18.2 Å². The normalized spacial score (nSPS) is 11.9. The number of rotatable bonds is 10. The smallest absolute Gasteiger partial charge is 0.345 e. The number of hydrogen-bond acceptors (Lipinski definition) is 7. The van der Waals surface area contributed by atoms with Crippen molar-refractivity contribution in [2.75, 3.05) is 11.9 Å². The number of primary amides is 1. The number of tetrazole rings is 1. The first kappa shape index (κ1) is 27.5. The summed E-state index contributed by atoms with van der Waals surface area (Å²) in [5, 5.41) is 27.0. The number of halogens is 4. The van der Waals surface area contributed by atoms with Gasteiger partial charge in [0.15, 0.2) is 6.20 Å². The van der Waals surface area contributed by atoms with Gasteiger partial charge in [-0.05, 0) is 59.3 Å². The van der Waals surface area contributed by atoms with E-state index >= 15 is 0 Å². The fourth-order valence-corrected chi connectivity index (χ4v) is 4.01. The van der Waals surface area contributed by atoms with Gasteiger partial charge in [-0.15, -0.1) is 5.10 Å². The van der Waals surface area contributed by atoms with Crippen molar-refractivity contribution in [3.63, 3.8) is 0 Å². The summed E-state index contributed by atoms with van der Waals surface area (Å²) in [5.41, 5.74) is 5.98. The van der Waals surface area contributed by atoms with Crippen molar-refractivity contribution in [3.05, 3.63) is 88.4 Å². The number of nitrogens with one attached hydrogen (secondary N) is 1. The molecule has 0 aliphatic heterocycles. The standard InChI is InChI=1S/C24H19ClF3N7O4/c25-14-2-6-20(34-12-30-32-33-34)18(9-14)13-1-5-21(35(38)11-13)17(7-8-39-24(27)28)23(37)31-15-3-4-16(22(29)36)19(26)10-15/h1-6,9-12,17,24H,7-8H2,(H2,29,36)(H,31,37). The van der Waals surface area contributed by atoms with Crippen LogP contribution in [0.25, 0.3) is 16.8 Å². The average molecular weight is 562 g/mol. The Morgan fingerprint density at radius 3 is 2.62 bits per heavy atom. The Hall–Kier alpha value is -4.56. The summed E-state index contributed by atoms with van der Waals surface area (Å²) >= 11 is 6.16. The molecule has 4 aromatic rings. The molecule has 0 saturated carbocycles. The maximum Gasteiger partial charge on any atom is 0.345 e. The van der Waals surface area contributed by atoms with Gasteiger partial charge in [0, 0.05) is 27.9 Å². The van der Waals surface area contributed by atoms with Gasteiger partial charge in [0.2, 0.25) is 11.6 Å². The molecule has 0 aliphatic carbocycles. The largest absolute Gasteiger partial charge is 0.618 e. The van der Waals surface area contributed by atoms with Crippen LogP contribution in [-0.2, 0) is 9.53 Å². The summed E-state index contributed by atoms with van der Waals surface area (Å²) in [5.74, 6) is -4.04. The molecule has 0 fully saturated rings. The van der Waals surface area contributed by atoms with Crippen LogP contribution in [0, 0.1) is 11.0 Å². The summed E-state index contributed by atoms with van der Waals surface area (Å²) in [4.78, 5) is 24.4. The van der Waals surface area contributed by atoms with E-state index in [0.29, 0.717) is 26.6 Å². The highest BCUT2D eigenvalue weighted by Gasteiger charge is 2.29. The minimum atomic E-state index is -3.08. The monoisotopic (exact) mass is 561 g/mol. The number of amides is 2. The number of nitrogens with zero attached hydrogens (tertiary/aromatic N) is 5. The molecule has 2 amide bonds. The lowest BCUT2D eigenvalue weighted by Crippen LogP contribution is -2.37. The van der Waals surface area contributed by atoms with Crippen LogP contribution in [-0.4, -0.2) is 45.2 Å². The maximum atomic E-state index is 14.2. The minimum Gasteiger partial charge on any atom is -0.618 e. The highest BCUT2D eigenvalue weighted by molar-refractivity contribution is 6.31. The first-order valence-corrected chi connectivity index (χ1v) is 11.6. The highest BCUT2D eigenvalue weighted by Crippen LogP contribution is 2.30. The van der Waals surface area contributed by atoms with Gasteiger partial charge in [0.1, 0.15) is 18.1 Å². The number of hydrogen-bond donors (Lipinski definition) is 2.